The van der Waals surface area contributed by atoms with Gasteiger partial charge >= 0.3 is 0 Å². The van der Waals surface area contributed by atoms with Gasteiger partial charge in [0.05, 0.1) is 18.0 Å². The summed E-state index contributed by atoms with van der Waals surface area (Å²) >= 11 is 0. The zero-order valence-electron chi connectivity index (χ0n) is 16.7. The van der Waals surface area contributed by atoms with E-state index in [4.69, 9.17) is 4.74 Å². The van der Waals surface area contributed by atoms with Gasteiger partial charge in [0, 0.05) is 19.2 Å². The fraction of sp³-hybridized carbons (Fsp3) is 0.286. The lowest BCUT2D eigenvalue weighted by Crippen LogP contribution is -2.23. The molecule has 0 spiro atoms. The molecule has 9 heteroatoms. The fourth-order valence-electron chi connectivity index (χ4n) is 2.76. The molecule has 2 aromatic carbocycles. The second kappa shape index (κ2) is 10.0. The Kier molecular flexibility index (Phi) is 7.18. The highest BCUT2D eigenvalue weighted by molar-refractivity contribution is 7.90. The molecule has 8 nitrogen and oxygen atoms in total. The number of carbonyl (C=O) groups is 1. The van der Waals surface area contributed by atoms with Gasteiger partial charge in [-0.2, -0.15) is 5.10 Å². The summed E-state index contributed by atoms with van der Waals surface area (Å²) in [6.07, 6.45) is 5.25. The first-order chi connectivity index (χ1) is 14.4. The van der Waals surface area contributed by atoms with Crippen LogP contribution in [0.4, 0.5) is 0 Å². The summed E-state index contributed by atoms with van der Waals surface area (Å²) in [5.41, 5.74) is 2.13. The Labute approximate surface area is 175 Å². The minimum absolute atomic E-state index is 0.0438. The lowest BCUT2D eigenvalue weighted by Gasteiger charge is -2.08. The molecule has 0 atom stereocenters. The highest BCUT2D eigenvalue weighted by Gasteiger charge is 2.07. The minimum Gasteiger partial charge on any atom is -0.494 e. The third kappa shape index (κ3) is 6.70. The molecule has 3 aromatic rings. The molecule has 1 heterocycles. The van der Waals surface area contributed by atoms with Gasteiger partial charge in [-0.25, -0.2) is 18.1 Å². The molecule has 1 aromatic heterocycles. The van der Waals surface area contributed by atoms with E-state index in [0.29, 0.717) is 38.3 Å². The predicted octanol–water partition coefficient (Wildman–Crippen LogP) is 2.21. The Morgan fingerprint density at radius 3 is 2.40 bits per heavy atom. The normalized spacial score (nSPS) is 11.2. The summed E-state index contributed by atoms with van der Waals surface area (Å²) < 4.78 is 30.2. The van der Waals surface area contributed by atoms with Crippen molar-refractivity contribution >= 4 is 15.7 Å². The minimum atomic E-state index is -3.21. The van der Waals surface area contributed by atoms with E-state index in [1.165, 1.54) is 18.5 Å². The molecule has 3 rings (SSSR count). The number of amides is 1. The van der Waals surface area contributed by atoms with E-state index in [1.54, 1.807) is 23.1 Å². The van der Waals surface area contributed by atoms with Crippen LogP contribution < -0.4 is 10.1 Å². The smallest absolute Gasteiger partial charge is 0.220 e. The lowest BCUT2D eigenvalue weighted by molar-refractivity contribution is -0.121. The topological polar surface area (TPSA) is 103 Å². The van der Waals surface area contributed by atoms with Crippen LogP contribution in [-0.4, -0.2) is 42.0 Å². The monoisotopic (exact) mass is 428 g/mol. The maximum atomic E-state index is 12.0. The number of nitrogens with zero attached hydrogens (tertiary/aromatic N) is 3. The van der Waals surface area contributed by atoms with Crippen LogP contribution in [-0.2, 0) is 27.7 Å². The summed E-state index contributed by atoms with van der Waals surface area (Å²) in [7, 11) is -3.21. The van der Waals surface area contributed by atoms with E-state index in [1.807, 2.05) is 24.3 Å². The van der Waals surface area contributed by atoms with Crippen molar-refractivity contribution in [2.24, 2.45) is 0 Å². The number of benzene rings is 2. The molecule has 0 bridgehead atoms. The van der Waals surface area contributed by atoms with Gasteiger partial charge in [-0.05, 0) is 41.8 Å². The Hall–Kier alpha value is -3.20. The van der Waals surface area contributed by atoms with Gasteiger partial charge in [0.15, 0.2) is 9.84 Å². The first-order valence-electron chi connectivity index (χ1n) is 9.50. The summed E-state index contributed by atoms with van der Waals surface area (Å²) in [5.74, 6) is 0.534. The number of hydrogen-bond donors (Lipinski definition) is 1. The van der Waals surface area contributed by atoms with E-state index in [9.17, 15) is 13.2 Å². The number of hydrogen-bond acceptors (Lipinski definition) is 6. The van der Waals surface area contributed by atoms with Gasteiger partial charge in [0.25, 0.3) is 0 Å². The first-order valence-corrected chi connectivity index (χ1v) is 11.4. The van der Waals surface area contributed by atoms with Crippen molar-refractivity contribution in [1.29, 1.82) is 0 Å². The van der Waals surface area contributed by atoms with Crippen LogP contribution >= 0.6 is 0 Å². The fourth-order valence-corrected chi connectivity index (χ4v) is 3.39. The quantitative estimate of drug-likeness (QED) is 0.497. The Morgan fingerprint density at radius 2 is 1.77 bits per heavy atom. The Morgan fingerprint density at radius 1 is 1.07 bits per heavy atom. The van der Waals surface area contributed by atoms with E-state index in [2.05, 4.69) is 15.4 Å². The van der Waals surface area contributed by atoms with Gasteiger partial charge in [-0.3, -0.25) is 4.79 Å². The third-order valence-corrected chi connectivity index (χ3v) is 5.52. The average Bonchev–Trinajstić information content (AvgIpc) is 3.23. The number of ether oxygens (including phenoxy) is 1. The van der Waals surface area contributed by atoms with Gasteiger partial charge in [0.1, 0.15) is 18.4 Å². The van der Waals surface area contributed by atoms with E-state index in [-0.39, 0.29) is 10.8 Å². The maximum Gasteiger partial charge on any atom is 0.220 e. The van der Waals surface area contributed by atoms with Crippen LogP contribution in [0.1, 0.15) is 24.0 Å². The van der Waals surface area contributed by atoms with Crippen LogP contribution in [0.25, 0.3) is 0 Å². The molecule has 0 aliphatic carbocycles. The predicted molar refractivity (Wildman–Crippen MR) is 112 cm³/mol. The molecule has 0 fully saturated rings. The van der Waals surface area contributed by atoms with E-state index >= 15 is 0 Å². The van der Waals surface area contributed by atoms with E-state index in [0.717, 1.165) is 17.4 Å². The molecule has 30 heavy (non-hydrogen) atoms. The van der Waals surface area contributed by atoms with Gasteiger partial charge in [0.2, 0.25) is 5.91 Å². The molecule has 0 radical (unpaired) electrons. The molecule has 0 saturated heterocycles. The third-order valence-electron chi connectivity index (χ3n) is 4.39. The number of rotatable bonds is 10. The van der Waals surface area contributed by atoms with Crippen molar-refractivity contribution in [3.8, 4) is 5.75 Å². The largest absolute Gasteiger partial charge is 0.494 e. The number of aromatic nitrogens is 3. The zero-order valence-corrected chi connectivity index (χ0v) is 17.5. The van der Waals surface area contributed by atoms with Crippen LogP contribution in [0.2, 0.25) is 0 Å². The number of sulfone groups is 1. The molecule has 0 aliphatic heterocycles. The summed E-state index contributed by atoms with van der Waals surface area (Å²) in [4.78, 5) is 16.2. The standard InChI is InChI=1S/C21H24N4O4S/c1-30(27,28)20-10-8-19(9-11-20)29-12-2-3-21(26)23-13-17-4-6-18(7-5-17)14-25-16-22-15-24-25/h4-11,15-16H,2-3,12-14H2,1H3,(H,23,26). The number of nitrogens with one attached hydrogen (secondary N) is 1. The van der Waals surface area contributed by atoms with Crippen molar-refractivity contribution in [3.63, 3.8) is 0 Å². The van der Waals surface area contributed by atoms with Crippen molar-refractivity contribution in [3.05, 3.63) is 72.3 Å². The average molecular weight is 429 g/mol. The SMILES string of the molecule is CS(=O)(=O)c1ccc(OCCCC(=O)NCc2ccc(Cn3cncn3)cc2)cc1. The van der Waals surface area contributed by atoms with Gasteiger partial charge in [-0.1, -0.05) is 24.3 Å². The molecule has 0 aliphatic rings. The molecule has 158 valence electrons. The maximum absolute atomic E-state index is 12.0. The van der Waals surface area contributed by atoms with Crippen molar-refractivity contribution in [2.45, 2.75) is 30.8 Å². The highest BCUT2D eigenvalue weighted by Crippen LogP contribution is 2.16. The van der Waals surface area contributed by atoms with Crippen LogP contribution in [0, 0.1) is 0 Å². The van der Waals surface area contributed by atoms with Crippen molar-refractivity contribution in [2.75, 3.05) is 12.9 Å². The van der Waals surface area contributed by atoms with Crippen LogP contribution in [0.5, 0.6) is 5.75 Å². The molecular formula is C21H24N4O4S. The molecule has 1 amide bonds. The van der Waals surface area contributed by atoms with Crippen molar-refractivity contribution in [1.82, 2.24) is 20.1 Å². The molecule has 1 N–H and O–H groups in total. The summed E-state index contributed by atoms with van der Waals surface area (Å²) in [6.45, 7) is 1.50. The van der Waals surface area contributed by atoms with Crippen molar-refractivity contribution < 1.29 is 17.9 Å². The Bertz CT molecular complexity index is 1050. The van der Waals surface area contributed by atoms with Gasteiger partial charge in [-0.15, -0.1) is 0 Å². The molecule has 0 saturated carbocycles. The first kappa shape index (κ1) is 21.5. The zero-order chi connectivity index (χ0) is 21.4. The second-order valence-corrected chi connectivity index (χ2v) is 8.90. The highest BCUT2D eigenvalue weighted by atomic mass is 32.2. The summed E-state index contributed by atoms with van der Waals surface area (Å²) in [5, 5.41) is 6.97. The number of carbonyl (C=O) groups excluding carboxylic acids is 1. The lowest BCUT2D eigenvalue weighted by atomic mass is 10.1. The van der Waals surface area contributed by atoms with Crippen LogP contribution in [0.15, 0.2) is 66.1 Å². The van der Waals surface area contributed by atoms with E-state index < -0.39 is 9.84 Å². The van der Waals surface area contributed by atoms with Crippen LogP contribution in [0.3, 0.4) is 0 Å². The van der Waals surface area contributed by atoms with Gasteiger partial charge < -0.3 is 10.1 Å². The molecular weight excluding hydrogens is 404 g/mol. The Balaban J connectivity index is 1.34. The summed E-state index contributed by atoms with van der Waals surface area (Å²) in [6, 6.07) is 14.2. The molecule has 0 unspecified atom stereocenters. The second-order valence-electron chi connectivity index (χ2n) is 6.88.